The summed E-state index contributed by atoms with van der Waals surface area (Å²) in [7, 11) is 1.78. The van der Waals surface area contributed by atoms with Gasteiger partial charge < -0.3 is 10.1 Å². The summed E-state index contributed by atoms with van der Waals surface area (Å²) in [6.45, 7) is 0.877. The molecule has 0 bridgehead atoms. The number of hydrogen-bond donors (Lipinski definition) is 1. The number of methoxy groups -OCH3 is 1. The van der Waals surface area contributed by atoms with Gasteiger partial charge in [0.25, 0.3) is 5.69 Å². The van der Waals surface area contributed by atoms with Crippen molar-refractivity contribution >= 4 is 5.69 Å². The minimum absolute atomic E-state index is 0.147. The molecular weight excluding hydrogens is 256 g/mol. The number of hydrogen-bond acceptors (Lipinski definition) is 4. The Morgan fingerprint density at radius 3 is 2.65 bits per heavy atom. The van der Waals surface area contributed by atoms with Crippen LogP contribution in [0.25, 0.3) is 0 Å². The zero-order chi connectivity index (χ0) is 14.4. The topological polar surface area (TPSA) is 64.4 Å². The summed E-state index contributed by atoms with van der Waals surface area (Å²) in [6.07, 6.45) is 6.00. The van der Waals surface area contributed by atoms with E-state index in [0.717, 1.165) is 24.9 Å². The minimum atomic E-state index is -0.368. The van der Waals surface area contributed by atoms with E-state index < -0.39 is 0 Å². The highest BCUT2D eigenvalue weighted by molar-refractivity contribution is 5.32. The Balaban J connectivity index is 1.78. The summed E-state index contributed by atoms with van der Waals surface area (Å²) >= 11 is 0. The fraction of sp³-hybridized carbons (Fsp3) is 0.600. The Bertz CT molecular complexity index is 433. The second kappa shape index (κ2) is 7.36. The summed E-state index contributed by atoms with van der Waals surface area (Å²) in [5.41, 5.74) is 1.27. The van der Waals surface area contributed by atoms with E-state index in [1.807, 2.05) is 12.1 Å². The molecule has 2 atom stereocenters. The molecule has 1 N–H and O–H groups in total. The first-order valence-electron chi connectivity index (χ1n) is 7.20. The molecule has 0 aromatic heterocycles. The van der Waals surface area contributed by atoms with Crippen LogP contribution in [0.1, 0.15) is 31.2 Å². The molecule has 2 rings (SSSR count). The number of nitrogens with one attached hydrogen (secondary N) is 1. The molecule has 1 saturated carbocycles. The van der Waals surface area contributed by atoms with Gasteiger partial charge in [-0.25, -0.2) is 0 Å². The van der Waals surface area contributed by atoms with Gasteiger partial charge in [-0.3, -0.25) is 10.1 Å². The largest absolute Gasteiger partial charge is 0.380 e. The maximum atomic E-state index is 10.6. The van der Waals surface area contributed by atoms with Crippen LogP contribution in [0, 0.1) is 10.1 Å². The molecule has 110 valence electrons. The third-order valence-corrected chi connectivity index (χ3v) is 3.97. The van der Waals surface area contributed by atoms with E-state index in [9.17, 15) is 10.1 Å². The molecule has 1 aliphatic rings. The van der Waals surface area contributed by atoms with Crippen LogP contribution in [0.3, 0.4) is 0 Å². The highest BCUT2D eigenvalue weighted by Gasteiger charge is 2.23. The number of rotatable bonds is 6. The van der Waals surface area contributed by atoms with Crippen molar-refractivity contribution in [3.8, 4) is 0 Å². The molecule has 1 fully saturated rings. The lowest BCUT2D eigenvalue weighted by molar-refractivity contribution is -0.384. The van der Waals surface area contributed by atoms with Crippen molar-refractivity contribution in [1.82, 2.24) is 5.32 Å². The molecular formula is C15H22N2O3. The van der Waals surface area contributed by atoms with Crippen molar-refractivity contribution < 1.29 is 9.66 Å². The summed E-state index contributed by atoms with van der Waals surface area (Å²) in [5, 5.41) is 14.1. The van der Waals surface area contributed by atoms with Crippen molar-refractivity contribution in [2.75, 3.05) is 13.7 Å². The Morgan fingerprint density at radius 1 is 1.30 bits per heavy atom. The molecule has 1 aromatic rings. The first-order chi connectivity index (χ1) is 9.70. The second-order valence-electron chi connectivity index (χ2n) is 5.29. The van der Waals surface area contributed by atoms with E-state index >= 15 is 0 Å². The Kier molecular flexibility index (Phi) is 5.49. The van der Waals surface area contributed by atoms with Gasteiger partial charge in [-0.05, 0) is 31.4 Å². The molecule has 0 heterocycles. The number of ether oxygens (including phenoxy) is 1. The third kappa shape index (κ3) is 4.02. The molecule has 5 heteroatoms. The van der Waals surface area contributed by atoms with Crippen LogP contribution < -0.4 is 5.32 Å². The Morgan fingerprint density at radius 2 is 2.00 bits per heavy atom. The Labute approximate surface area is 119 Å². The fourth-order valence-electron chi connectivity index (χ4n) is 2.80. The van der Waals surface area contributed by atoms with Gasteiger partial charge in [0.1, 0.15) is 0 Å². The summed E-state index contributed by atoms with van der Waals surface area (Å²) in [5.74, 6) is 0. The number of nitro groups is 1. The summed E-state index contributed by atoms with van der Waals surface area (Å²) < 4.78 is 5.51. The maximum absolute atomic E-state index is 10.6. The second-order valence-corrected chi connectivity index (χ2v) is 5.29. The van der Waals surface area contributed by atoms with Crippen LogP contribution in [-0.4, -0.2) is 30.7 Å². The van der Waals surface area contributed by atoms with E-state index in [0.29, 0.717) is 12.1 Å². The van der Waals surface area contributed by atoms with Crippen LogP contribution in [0.2, 0.25) is 0 Å². The van der Waals surface area contributed by atoms with Gasteiger partial charge in [0, 0.05) is 25.3 Å². The highest BCUT2D eigenvalue weighted by atomic mass is 16.6. The van der Waals surface area contributed by atoms with E-state index in [-0.39, 0.29) is 10.6 Å². The lowest BCUT2D eigenvalue weighted by atomic mass is 9.92. The Hall–Kier alpha value is -1.46. The van der Waals surface area contributed by atoms with E-state index in [1.165, 1.54) is 19.3 Å². The quantitative estimate of drug-likeness (QED) is 0.642. The number of nitrogens with zero attached hydrogens (tertiary/aromatic N) is 1. The third-order valence-electron chi connectivity index (χ3n) is 3.97. The van der Waals surface area contributed by atoms with Crippen LogP contribution in [0.4, 0.5) is 5.69 Å². The van der Waals surface area contributed by atoms with Gasteiger partial charge in [0.05, 0.1) is 11.0 Å². The zero-order valence-corrected chi connectivity index (χ0v) is 11.9. The van der Waals surface area contributed by atoms with Crippen molar-refractivity contribution in [2.24, 2.45) is 0 Å². The van der Waals surface area contributed by atoms with Gasteiger partial charge in [0.15, 0.2) is 0 Å². The summed E-state index contributed by atoms with van der Waals surface area (Å²) in [6, 6.07) is 7.22. The van der Waals surface area contributed by atoms with Crippen molar-refractivity contribution in [3.05, 3.63) is 39.9 Å². The standard InChI is InChI=1S/C15H22N2O3/c1-20-15-5-3-2-4-14(15)16-11-10-12-6-8-13(9-7-12)17(18)19/h6-9,14-16H,2-5,10-11H2,1H3. The number of nitro benzene ring substituents is 1. The molecule has 5 nitrogen and oxygen atoms in total. The van der Waals surface area contributed by atoms with Gasteiger partial charge in [-0.15, -0.1) is 0 Å². The molecule has 0 saturated heterocycles. The van der Waals surface area contributed by atoms with Crippen LogP contribution in [0.15, 0.2) is 24.3 Å². The first kappa shape index (κ1) is 14.9. The molecule has 0 aliphatic heterocycles. The zero-order valence-electron chi connectivity index (χ0n) is 11.9. The summed E-state index contributed by atoms with van der Waals surface area (Å²) in [4.78, 5) is 10.2. The average Bonchev–Trinajstić information content (AvgIpc) is 2.48. The van der Waals surface area contributed by atoms with E-state index in [1.54, 1.807) is 19.2 Å². The molecule has 0 amide bonds. The maximum Gasteiger partial charge on any atom is 0.269 e. The van der Waals surface area contributed by atoms with Crippen molar-refractivity contribution in [2.45, 2.75) is 44.2 Å². The molecule has 0 radical (unpaired) electrons. The highest BCUT2D eigenvalue weighted by Crippen LogP contribution is 2.20. The average molecular weight is 278 g/mol. The van der Waals surface area contributed by atoms with Crippen molar-refractivity contribution in [3.63, 3.8) is 0 Å². The number of benzene rings is 1. The minimum Gasteiger partial charge on any atom is -0.380 e. The molecule has 20 heavy (non-hydrogen) atoms. The monoisotopic (exact) mass is 278 g/mol. The molecule has 1 aliphatic carbocycles. The van der Waals surface area contributed by atoms with E-state index in [2.05, 4.69) is 5.32 Å². The molecule has 1 aromatic carbocycles. The van der Waals surface area contributed by atoms with Crippen LogP contribution in [-0.2, 0) is 11.2 Å². The lowest BCUT2D eigenvalue weighted by Crippen LogP contribution is -2.43. The molecule has 2 unspecified atom stereocenters. The predicted octanol–water partition coefficient (Wildman–Crippen LogP) is 2.68. The predicted molar refractivity (Wildman–Crippen MR) is 77.9 cm³/mol. The van der Waals surface area contributed by atoms with Crippen LogP contribution >= 0.6 is 0 Å². The van der Waals surface area contributed by atoms with Crippen LogP contribution in [0.5, 0.6) is 0 Å². The lowest BCUT2D eigenvalue weighted by Gasteiger charge is -2.31. The van der Waals surface area contributed by atoms with E-state index in [4.69, 9.17) is 4.74 Å². The molecule has 0 spiro atoms. The fourth-order valence-corrected chi connectivity index (χ4v) is 2.80. The smallest absolute Gasteiger partial charge is 0.269 e. The van der Waals surface area contributed by atoms with Gasteiger partial charge in [-0.1, -0.05) is 25.0 Å². The van der Waals surface area contributed by atoms with Crippen molar-refractivity contribution in [1.29, 1.82) is 0 Å². The van der Waals surface area contributed by atoms with Gasteiger partial charge in [0.2, 0.25) is 0 Å². The van der Waals surface area contributed by atoms with Gasteiger partial charge >= 0.3 is 0 Å². The van der Waals surface area contributed by atoms with Gasteiger partial charge in [-0.2, -0.15) is 0 Å². The normalized spacial score (nSPS) is 22.6. The number of non-ortho nitro benzene ring substituents is 1. The first-order valence-corrected chi connectivity index (χ1v) is 7.20. The SMILES string of the molecule is COC1CCCCC1NCCc1ccc([N+](=O)[O-])cc1.